The second-order valence-corrected chi connectivity index (χ2v) is 5.99. The summed E-state index contributed by atoms with van der Waals surface area (Å²) in [6, 6.07) is -0.119. The zero-order valence-corrected chi connectivity index (χ0v) is 11.1. The number of ether oxygens (including phenoxy) is 1. The first-order valence-corrected chi connectivity index (χ1v) is 7.23. The minimum Gasteiger partial charge on any atom is -0.378 e. The summed E-state index contributed by atoms with van der Waals surface area (Å²) in [6.07, 6.45) is 0.687. The Morgan fingerprint density at radius 1 is 1.33 bits per heavy atom. The highest BCUT2D eigenvalue weighted by Gasteiger charge is 2.13. The second-order valence-electron chi connectivity index (χ2n) is 3.73. The van der Waals surface area contributed by atoms with Crippen LogP contribution in [-0.2, 0) is 14.8 Å². The van der Waals surface area contributed by atoms with E-state index in [1.807, 2.05) is 13.8 Å². The van der Waals surface area contributed by atoms with E-state index in [4.69, 9.17) is 16.3 Å². The van der Waals surface area contributed by atoms with Crippen LogP contribution < -0.4 is 4.72 Å². The lowest BCUT2D eigenvalue weighted by Gasteiger charge is -2.13. The van der Waals surface area contributed by atoms with Gasteiger partial charge in [-0.15, -0.1) is 11.6 Å². The first kappa shape index (κ1) is 15.2. The van der Waals surface area contributed by atoms with Gasteiger partial charge in [-0.3, -0.25) is 0 Å². The van der Waals surface area contributed by atoms with Gasteiger partial charge in [-0.2, -0.15) is 0 Å². The molecule has 0 aromatic heterocycles. The van der Waals surface area contributed by atoms with Crippen molar-refractivity contribution in [3.05, 3.63) is 0 Å². The number of nitrogens with one attached hydrogen (secondary N) is 1. The van der Waals surface area contributed by atoms with Gasteiger partial charge >= 0.3 is 0 Å². The molecule has 0 fully saturated rings. The van der Waals surface area contributed by atoms with Crippen molar-refractivity contribution in [3.63, 3.8) is 0 Å². The van der Waals surface area contributed by atoms with Gasteiger partial charge in [0.15, 0.2) is 0 Å². The van der Waals surface area contributed by atoms with Crippen LogP contribution in [0.2, 0.25) is 0 Å². The molecule has 1 N–H and O–H groups in total. The quantitative estimate of drug-likeness (QED) is 0.668. The van der Waals surface area contributed by atoms with Crippen molar-refractivity contribution in [1.82, 2.24) is 4.72 Å². The van der Waals surface area contributed by atoms with Crippen LogP contribution in [0.1, 0.15) is 27.2 Å². The van der Waals surface area contributed by atoms with Crippen molar-refractivity contribution in [3.8, 4) is 0 Å². The zero-order chi connectivity index (χ0) is 11.9. The number of halogens is 1. The monoisotopic (exact) mass is 257 g/mol. The van der Waals surface area contributed by atoms with Crippen LogP contribution >= 0.6 is 11.6 Å². The largest absolute Gasteiger partial charge is 0.378 e. The molecule has 0 aliphatic rings. The van der Waals surface area contributed by atoms with Crippen molar-refractivity contribution < 1.29 is 13.2 Å². The van der Waals surface area contributed by atoms with Crippen LogP contribution in [0.3, 0.4) is 0 Å². The maximum atomic E-state index is 11.5. The summed E-state index contributed by atoms with van der Waals surface area (Å²) < 4.78 is 30.6. The number of rotatable bonds is 8. The third-order valence-corrected chi connectivity index (χ3v) is 3.41. The molecule has 15 heavy (non-hydrogen) atoms. The van der Waals surface area contributed by atoms with Gasteiger partial charge < -0.3 is 4.74 Å². The zero-order valence-electron chi connectivity index (χ0n) is 9.49. The SMILES string of the molecule is CC(CCCl)NS(=O)(=O)CCOC(C)C. The van der Waals surface area contributed by atoms with Crippen molar-refractivity contribution in [2.24, 2.45) is 0 Å². The van der Waals surface area contributed by atoms with Gasteiger partial charge in [0.25, 0.3) is 0 Å². The third kappa shape index (κ3) is 9.11. The Balaban J connectivity index is 3.87. The van der Waals surface area contributed by atoms with Crippen LogP contribution in [0.5, 0.6) is 0 Å². The summed E-state index contributed by atoms with van der Waals surface area (Å²) >= 11 is 5.51. The van der Waals surface area contributed by atoms with Gasteiger partial charge in [0.05, 0.1) is 18.5 Å². The molecule has 1 atom stereocenters. The second kappa shape index (κ2) is 7.44. The maximum absolute atomic E-state index is 11.5. The molecule has 0 aromatic rings. The van der Waals surface area contributed by atoms with E-state index in [1.165, 1.54) is 0 Å². The predicted molar refractivity (Wildman–Crippen MR) is 62.8 cm³/mol. The highest BCUT2D eigenvalue weighted by molar-refractivity contribution is 7.89. The van der Waals surface area contributed by atoms with E-state index in [0.717, 1.165) is 0 Å². The van der Waals surface area contributed by atoms with E-state index < -0.39 is 10.0 Å². The van der Waals surface area contributed by atoms with Crippen LogP contribution in [0.25, 0.3) is 0 Å². The molecule has 0 aliphatic heterocycles. The fraction of sp³-hybridized carbons (Fsp3) is 1.00. The minimum atomic E-state index is -3.23. The van der Waals surface area contributed by atoms with Crippen molar-refractivity contribution in [2.75, 3.05) is 18.2 Å². The number of hydrogen-bond acceptors (Lipinski definition) is 3. The van der Waals surface area contributed by atoms with Gasteiger partial charge in [-0.25, -0.2) is 13.1 Å². The molecule has 0 radical (unpaired) electrons. The number of hydrogen-bond donors (Lipinski definition) is 1. The number of alkyl halides is 1. The van der Waals surface area contributed by atoms with E-state index in [1.54, 1.807) is 6.92 Å². The van der Waals surface area contributed by atoms with Crippen LogP contribution in [0, 0.1) is 0 Å². The summed E-state index contributed by atoms with van der Waals surface area (Å²) in [5, 5.41) is 0. The Kier molecular flexibility index (Phi) is 7.52. The Labute approximate surface area is 97.4 Å². The molecule has 0 spiro atoms. The normalized spacial score (nSPS) is 14.5. The highest BCUT2D eigenvalue weighted by Crippen LogP contribution is 1.97. The lowest BCUT2D eigenvalue weighted by atomic mass is 10.3. The maximum Gasteiger partial charge on any atom is 0.214 e. The van der Waals surface area contributed by atoms with Crippen molar-refractivity contribution in [1.29, 1.82) is 0 Å². The topological polar surface area (TPSA) is 55.4 Å². The standard InChI is InChI=1S/C9H20ClNO3S/c1-8(2)14-6-7-15(12,13)11-9(3)4-5-10/h8-9,11H,4-7H2,1-3H3. The molecule has 0 rings (SSSR count). The molecule has 0 saturated carbocycles. The van der Waals surface area contributed by atoms with E-state index in [2.05, 4.69) is 4.72 Å². The lowest BCUT2D eigenvalue weighted by molar-refractivity contribution is 0.0911. The van der Waals surface area contributed by atoms with Crippen LogP contribution in [0.15, 0.2) is 0 Å². The summed E-state index contributed by atoms with van der Waals surface area (Å²) in [5.74, 6) is 0.448. The van der Waals surface area contributed by atoms with Gasteiger partial charge in [0.1, 0.15) is 0 Å². The molecule has 0 bridgehead atoms. The Bertz CT molecular complexity index is 254. The van der Waals surface area contributed by atoms with E-state index >= 15 is 0 Å². The molecule has 0 heterocycles. The lowest BCUT2D eigenvalue weighted by Crippen LogP contribution is -2.36. The summed E-state index contributed by atoms with van der Waals surface area (Å²) in [4.78, 5) is 0. The summed E-state index contributed by atoms with van der Waals surface area (Å²) in [5.41, 5.74) is 0. The highest BCUT2D eigenvalue weighted by atomic mass is 35.5. The molecule has 0 aliphatic carbocycles. The molecule has 0 aromatic carbocycles. The fourth-order valence-corrected chi connectivity index (χ4v) is 2.47. The average Bonchev–Trinajstić information content (AvgIpc) is 2.01. The summed E-state index contributed by atoms with van der Waals surface area (Å²) in [6.45, 7) is 5.76. The Hall–Kier alpha value is 0.160. The molecule has 0 saturated heterocycles. The predicted octanol–water partition coefficient (Wildman–Crippen LogP) is 1.35. The first-order chi connectivity index (χ1) is 6.87. The van der Waals surface area contributed by atoms with Gasteiger partial charge in [0.2, 0.25) is 10.0 Å². The molecule has 1 unspecified atom stereocenters. The van der Waals surface area contributed by atoms with E-state index in [9.17, 15) is 8.42 Å². The molecular weight excluding hydrogens is 238 g/mol. The summed E-state index contributed by atoms with van der Waals surface area (Å²) in [7, 11) is -3.23. The smallest absolute Gasteiger partial charge is 0.214 e. The van der Waals surface area contributed by atoms with E-state index in [0.29, 0.717) is 12.3 Å². The van der Waals surface area contributed by atoms with Gasteiger partial charge in [-0.1, -0.05) is 0 Å². The van der Waals surface area contributed by atoms with Gasteiger partial charge in [0, 0.05) is 11.9 Å². The van der Waals surface area contributed by atoms with Crippen LogP contribution in [0.4, 0.5) is 0 Å². The van der Waals surface area contributed by atoms with Crippen LogP contribution in [-0.4, -0.2) is 38.8 Å². The van der Waals surface area contributed by atoms with Gasteiger partial charge in [-0.05, 0) is 27.2 Å². The Morgan fingerprint density at radius 3 is 2.40 bits per heavy atom. The minimum absolute atomic E-state index is 0.00218. The average molecular weight is 258 g/mol. The third-order valence-electron chi connectivity index (χ3n) is 1.73. The van der Waals surface area contributed by atoms with Crippen molar-refractivity contribution in [2.45, 2.75) is 39.3 Å². The Morgan fingerprint density at radius 2 is 1.93 bits per heavy atom. The first-order valence-electron chi connectivity index (χ1n) is 5.05. The molecule has 4 nitrogen and oxygen atoms in total. The molecule has 0 amide bonds. The number of sulfonamides is 1. The van der Waals surface area contributed by atoms with E-state index in [-0.39, 0.29) is 24.5 Å². The molecular formula is C9H20ClNO3S. The fourth-order valence-electron chi connectivity index (χ4n) is 0.982. The molecule has 6 heteroatoms. The molecule has 92 valence electrons. The van der Waals surface area contributed by atoms with Crippen molar-refractivity contribution >= 4 is 21.6 Å².